The van der Waals surface area contributed by atoms with E-state index in [9.17, 15) is 9.59 Å². The largest absolute Gasteiger partial charge is 0.496 e. The van der Waals surface area contributed by atoms with Gasteiger partial charge in [0.2, 0.25) is 0 Å². The summed E-state index contributed by atoms with van der Waals surface area (Å²) in [5, 5.41) is 14.4. The maximum absolute atomic E-state index is 12.2. The Balaban J connectivity index is 2.04. The van der Waals surface area contributed by atoms with Crippen molar-refractivity contribution in [1.29, 1.82) is 0 Å². The molecule has 0 spiro atoms. The average molecular weight is 379 g/mol. The van der Waals surface area contributed by atoms with Gasteiger partial charge in [0.25, 0.3) is 5.91 Å². The molecule has 2 rings (SSSR count). The van der Waals surface area contributed by atoms with Crippen LogP contribution >= 0.6 is 23.8 Å². The van der Waals surface area contributed by atoms with Crippen LogP contribution in [0.4, 0.5) is 5.69 Å². The van der Waals surface area contributed by atoms with Crippen LogP contribution in [0.5, 0.6) is 5.75 Å². The first-order valence-corrected chi connectivity index (χ1v) is 7.90. The molecule has 3 N–H and O–H groups in total. The normalized spacial score (nSPS) is 10.0. The highest BCUT2D eigenvalue weighted by molar-refractivity contribution is 7.80. The molecule has 0 aliphatic heterocycles. The molecule has 0 atom stereocenters. The molecule has 0 radical (unpaired) electrons. The number of hydrogen-bond donors (Lipinski definition) is 3. The van der Waals surface area contributed by atoms with E-state index < -0.39 is 5.97 Å². The first-order valence-electron chi connectivity index (χ1n) is 7.11. The van der Waals surface area contributed by atoms with Crippen molar-refractivity contribution >= 4 is 46.5 Å². The summed E-state index contributed by atoms with van der Waals surface area (Å²) in [4.78, 5) is 23.2. The lowest BCUT2D eigenvalue weighted by Crippen LogP contribution is -2.34. The maximum atomic E-state index is 12.2. The predicted molar refractivity (Wildman–Crippen MR) is 99.8 cm³/mol. The Hall–Kier alpha value is -2.64. The zero-order valence-electron chi connectivity index (χ0n) is 13.4. The van der Waals surface area contributed by atoms with Gasteiger partial charge in [0.15, 0.2) is 5.11 Å². The molecule has 0 unspecified atom stereocenters. The van der Waals surface area contributed by atoms with Gasteiger partial charge in [-0.1, -0.05) is 11.6 Å². The number of carboxylic acids is 1. The van der Waals surface area contributed by atoms with Crippen molar-refractivity contribution < 1.29 is 19.4 Å². The lowest BCUT2D eigenvalue weighted by molar-refractivity contribution is 0.0697. The minimum atomic E-state index is -1.12. The number of carboxylic acid groups (broad SMARTS) is 1. The molecule has 0 fully saturated rings. The summed E-state index contributed by atoms with van der Waals surface area (Å²) < 4.78 is 5.15. The number of nitrogens with one attached hydrogen (secondary N) is 2. The summed E-state index contributed by atoms with van der Waals surface area (Å²) >= 11 is 11.0. The van der Waals surface area contributed by atoms with Gasteiger partial charge in [0.05, 0.1) is 17.7 Å². The number of carbonyl (C=O) groups excluding carboxylic acids is 1. The smallest absolute Gasteiger partial charge is 0.337 e. The van der Waals surface area contributed by atoms with Gasteiger partial charge in [-0.15, -0.1) is 0 Å². The van der Waals surface area contributed by atoms with Crippen molar-refractivity contribution in [3.63, 3.8) is 0 Å². The highest BCUT2D eigenvalue weighted by atomic mass is 35.5. The summed E-state index contributed by atoms with van der Waals surface area (Å²) in [5.74, 6) is -0.816. The number of rotatable bonds is 4. The number of methoxy groups -OCH3 is 1. The molecule has 6 nitrogen and oxygen atoms in total. The van der Waals surface area contributed by atoms with Crippen LogP contribution in [0.1, 0.15) is 26.3 Å². The van der Waals surface area contributed by atoms with Gasteiger partial charge in [-0.2, -0.15) is 0 Å². The number of carbonyl (C=O) groups is 2. The molecule has 130 valence electrons. The molecule has 25 heavy (non-hydrogen) atoms. The molecule has 2 aromatic carbocycles. The number of ether oxygens (including phenoxy) is 1. The molecule has 0 bridgehead atoms. The van der Waals surface area contributed by atoms with E-state index in [0.29, 0.717) is 17.0 Å². The molecular weight excluding hydrogens is 364 g/mol. The van der Waals surface area contributed by atoms with E-state index >= 15 is 0 Å². The number of aromatic carboxylic acids is 1. The van der Waals surface area contributed by atoms with Gasteiger partial charge in [-0.25, -0.2) is 4.79 Å². The van der Waals surface area contributed by atoms with Crippen molar-refractivity contribution in [2.45, 2.75) is 6.92 Å². The first-order chi connectivity index (χ1) is 11.8. The molecule has 0 heterocycles. The van der Waals surface area contributed by atoms with Gasteiger partial charge >= 0.3 is 5.97 Å². The Morgan fingerprint density at radius 2 is 1.92 bits per heavy atom. The lowest BCUT2D eigenvalue weighted by atomic mass is 10.1. The minimum absolute atomic E-state index is 0.0177. The van der Waals surface area contributed by atoms with E-state index in [1.54, 1.807) is 25.3 Å². The Kier molecular flexibility index (Phi) is 5.95. The summed E-state index contributed by atoms with van der Waals surface area (Å²) in [5.41, 5.74) is 1.70. The maximum Gasteiger partial charge on any atom is 0.337 e. The quantitative estimate of drug-likeness (QED) is 0.706. The van der Waals surface area contributed by atoms with E-state index in [2.05, 4.69) is 10.6 Å². The van der Waals surface area contributed by atoms with Crippen LogP contribution in [0.3, 0.4) is 0 Å². The Labute approximate surface area is 154 Å². The second-order valence-electron chi connectivity index (χ2n) is 5.09. The van der Waals surface area contributed by atoms with Crippen LogP contribution in [0.2, 0.25) is 5.02 Å². The van der Waals surface area contributed by atoms with Crippen molar-refractivity contribution in [2.75, 3.05) is 12.4 Å². The zero-order valence-corrected chi connectivity index (χ0v) is 15.0. The molecular formula is C17H15ClN2O4S. The first kappa shape index (κ1) is 18.7. The van der Waals surface area contributed by atoms with Crippen LogP contribution in [-0.4, -0.2) is 29.2 Å². The average Bonchev–Trinajstić information content (AvgIpc) is 2.54. The molecule has 1 amide bonds. The summed E-state index contributed by atoms with van der Waals surface area (Å²) in [7, 11) is 1.56. The summed E-state index contributed by atoms with van der Waals surface area (Å²) in [6.07, 6.45) is 0. The molecule has 2 aromatic rings. The molecule has 0 aromatic heterocycles. The number of hydrogen-bond acceptors (Lipinski definition) is 4. The van der Waals surface area contributed by atoms with E-state index in [1.807, 2.05) is 6.92 Å². The number of thiocarbonyl (C=S) groups is 1. The number of aryl methyl sites for hydroxylation is 1. The molecule has 0 aliphatic rings. The Morgan fingerprint density at radius 1 is 1.20 bits per heavy atom. The van der Waals surface area contributed by atoms with Crippen LogP contribution in [0.25, 0.3) is 0 Å². The third-order valence-corrected chi connectivity index (χ3v) is 3.86. The Bertz CT molecular complexity index is 855. The van der Waals surface area contributed by atoms with E-state index in [-0.39, 0.29) is 21.6 Å². The molecule has 0 aliphatic carbocycles. The number of benzene rings is 2. The SMILES string of the molecule is COc1ccc(C(=O)NC(=S)Nc2ccc(C(=O)O)c(Cl)c2)cc1C. The standard InChI is InChI=1S/C17H15ClN2O4S/c1-9-7-10(3-6-14(9)24-2)15(21)20-17(25)19-11-4-5-12(16(22)23)13(18)8-11/h3-8H,1-2H3,(H,22,23)(H2,19,20,21,25). The fourth-order valence-corrected chi connectivity index (χ4v) is 2.60. The molecule has 0 saturated carbocycles. The number of amides is 1. The van der Waals surface area contributed by atoms with Gasteiger partial charge in [-0.05, 0) is 61.1 Å². The third-order valence-electron chi connectivity index (χ3n) is 3.34. The fourth-order valence-electron chi connectivity index (χ4n) is 2.12. The van der Waals surface area contributed by atoms with Gasteiger partial charge < -0.3 is 15.2 Å². The summed E-state index contributed by atoms with van der Waals surface area (Å²) in [6, 6.07) is 9.29. The highest BCUT2D eigenvalue weighted by Crippen LogP contribution is 2.21. The third kappa shape index (κ3) is 4.68. The number of anilines is 1. The Morgan fingerprint density at radius 3 is 2.48 bits per heavy atom. The van der Waals surface area contributed by atoms with Crippen molar-refractivity contribution in [2.24, 2.45) is 0 Å². The van der Waals surface area contributed by atoms with Gasteiger partial charge in [0, 0.05) is 11.3 Å². The van der Waals surface area contributed by atoms with Crippen LogP contribution in [0, 0.1) is 6.92 Å². The molecule has 0 saturated heterocycles. The van der Waals surface area contributed by atoms with E-state index in [0.717, 1.165) is 5.56 Å². The van der Waals surface area contributed by atoms with E-state index in [1.165, 1.54) is 18.2 Å². The fraction of sp³-hybridized carbons (Fsp3) is 0.118. The topological polar surface area (TPSA) is 87.7 Å². The summed E-state index contributed by atoms with van der Waals surface area (Å²) in [6.45, 7) is 1.83. The molecule has 8 heteroatoms. The lowest BCUT2D eigenvalue weighted by Gasteiger charge is -2.11. The predicted octanol–water partition coefficient (Wildman–Crippen LogP) is 3.48. The van der Waals surface area contributed by atoms with Crippen molar-refractivity contribution in [3.05, 3.63) is 58.1 Å². The van der Waals surface area contributed by atoms with Crippen LogP contribution in [0.15, 0.2) is 36.4 Å². The monoisotopic (exact) mass is 378 g/mol. The van der Waals surface area contributed by atoms with Crippen molar-refractivity contribution in [1.82, 2.24) is 5.32 Å². The van der Waals surface area contributed by atoms with Crippen molar-refractivity contribution in [3.8, 4) is 5.75 Å². The van der Waals surface area contributed by atoms with Crippen LogP contribution < -0.4 is 15.4 Å². The van der Waals surface area contributed by atoms with E-state index in [4.69, 9.17) is 33.7 Å². The van der Waals surface area contributed by atoms with Gasteiger partial charge in [-0.3, -0.25) is 10.1 Å². The second-order valence-corrected chi connectivity index (χ2v) is 5.91. The van der Waals surface area contributed by atoms with Gasteiger partial charge in [0.1, 0.15) is 5.75 Å². The zero-order chi connectivity index (χ0) is 18.6. The number of halogens is 1. The second kappa shape index (κ2) is 7.96. The minimum Gasteiger partial charge on any atom is -0.496 e. The highest BCUT2D eigenvalue weighted by Gasteiger charge is 2.12. The van der Waals surface area contributed by atoms with Crippen LogP contribution in [-0.2, 0) is 0 Å².